The van der Waals surface area contributed by atoms with Crippen LogP contribution in [0.4, 0.5) is 0 Å². The first-order chi connectivity index (χ1) is 7.74. The number of hydrogen-bond acceptors (Lipinski definition) is 3. The fourth-order valence-electron chi connectivity index (χ4n) is 2.05. The minimum Gasteiger partial charge on any atom is -0.343 e. The lowest BCUT2D eigenvalue weighted by atomic mass is 9.99. The monoisotopic (exact) mass is 228 g/mol. The van der Waals surface area contributed by atoms with E-state index < -0.39 is 0 Å². The van der Waals surface area contributed by atoms with E-state index in [1.54, 1.807) is 0 Å². The number of hydrogen-bond donors (Lipinski definition) is 1. The number of carbonyl (C=O) groups excluding carboxylic acids is 1. The zero-order valence-corrected chi connectivity index (χ0v) is 10.3. The molecule has 0 aliphatic carbocycles. The molecule has 0 saturated carbocycles. The molecule has 1 heterocycles. The van der Waals surface area contributed by atoms with Crippen molar-refractivity contribution in [1.82, 2.24) is 4.90 Å². The number of rotatable bonds is 6. The Kier molecular flexibility index (Phi) is 6.42. The molecule has 1 rings (SSSR count). The SMILES string of the molecule is CC1CCN(C(=O)CCCCCON)CC1. The van der Waals surface area contributed by atoms with Crippen molar-refractivity contribution in [2.75, 3.05) is 19.7 Å². The Balaban J connectivity index is 2.06. The van der Waals surface area contributed by atoms with Crippen LogP contribution in [-0.2, 0) is 9.63 Å². The van der Waals surface area contributed by atoms with E-state index in [1.807, 2.05) is 4.90 Å². The summed E-state index contributed by atoms with van der Waals surface area (Å²) >= 11 is 0. The number of nitrogens with two attached hydrogens (primary N) is 1. The van der Waals surface area contributed by atoms with Gasteiger partial charge in [-0.05, 0) is 31.6 Å². The average molecular weight is 228 g/mol. The summed E-state index contributed by atoms with van der Waals surface area (Å²) in [4.78, 5) is 18.3. The third kappa shape index (κ3) is 4.94. The van der Waals surface area contributed by atoms with Gasteiger partial charge in [0.2, 0.25) is 5.91 Å². The molecule has 0 aromatic rings. The molecule has 4 nitrogen and oxygen atoms in total. The summed E-state index contributed by atoms with van der Waals surface area (Å²) in [6.07, 6.45) is 5.92. The van der Waals surface area contributed by atoms with Crippen LogP contribution < -0.4 is 5.90 Å². The first-order valence-electron chi connectivity index (χ1n) is 6.33. The normalized spacial score (nSPS) is 17.8. The van der Waals surface area contributed by atoms with Crippen molar-refractivity contribution in [1.29, 1.82) is 0 Å². The maximum absolute atomic E-state index is 11.8. The molecule has 0 radical (unpaired) electrons. The summed E-state index contributed by atoms with van der Waals surface area (Å²) < 4.78 is 0. The first-order valence-corrected chi connectivity index (χ1v) is 6.33. The Bertz CT molecular complexity index is 201. The smallest absolute Gasteiger partial charge is 0.222 e. The van der Waals surface area contributed by atoms with Gasteiger partial charge in [-0.2, -0.15) is 0 Å². The first kappa shape index (κ1) is 13.5. The van der Waals surface area contributed by atoms with Crippen LogP contribution in [-0.4, -0.2) is 30.5 Å². The van der Waals surface area contributed by atoms with Gasteiger partial charge < -0.3 is 9.74 Å². The van der Waals surface area contributed by atoms with Gasteiger partial charge in [-0.3, -0.25) is 4.79 Å². The molecule has 4 heteroatoms. The van der Waals surface area contributed by atoms with Crippen LogP contribution in [0.3, 0.4) is 0 Å². The molecule has 1 aliphatic heterocycles. The summed E-state index contributed by atoms with van der Waals surface area (Å²) in [6.45, 7) is 4.75. The maximum Gasteiger partial charge on any atom is 0.222 e. The quantitative estimate of drug-likeness (QED) is 0.556. The summed E-state index contributed by atoms with van der Waals surface area (Å²) in [5, 5.41) is 0. The molecule has 1 fully saturated rings. The molecule has 1 amide bonds. The van der Waals surface area contributed by atoms with Gasteiger partial charge in [0.05, 0.1) is 6.61 Å². The molecule has 94 valence electrons. The third-order valence-electron chi connectivity index (χ3n) is 3.29. The third-order valence-corrected chi connectivity index (χ3v) is 3.29. The van der Waals surface area contributed by atoms with Gasteiger partial charge >= 0.3 is 0 Å². The van der Waals surface area contributed by atoms with Crippen LogP contribution >= 0.6 is 0 Å². The molecule has 2 N–H and O–H groups in total. The number of unbranched alkanes of at least 4 members (excludes halogenated alkanes) is 2. The van der Waals surface area contributed by atoms with Gasteiger partial charge in [0, 0.05) is 19.5 Å². The number of likely N-dealkylation sites (tertiary alicyclic amines) is 1. The van der Waals surface area contributed by atoms with E-state index in [4.69, 9.17) is 5.90 Å². The van der Waals surface area contributed by atoms with Gasteiger partial charge in [-0.15, -0.1) is 0 Å². The highest BCUT2D eigenvalue weighted by molar-refractivity contribution is 5.76. The van der Waals surface area contributed by atoms with Crippen molar-refractivity contribution in [3.8, 4) is 0 Å². The summed E-state index contributed by atoms with van der Waals surface area (Å²) in [6, 6.07) is 0. The van der Waals surface area contributed by atoms with Crippen molar-refractivity contribution in [3.05, 3.63) is 0 Å². The fourth-order valence-corrected chi connectivity index (χ4v) is 2.05. The number of nitrogens with zero attached hydrogens (tertiary/aromatic N) is 1. The highest BCUT2D eigenvalue weighted by Crippen LogP contribution is 2.17. The van der Waals surface area contributed by atoms with E-state index in [1.165, 1.54) is 0 Å². The summed E-state index contributed by atoms with van der Waals surface area (Å²) in [5.74, 6) is 6.03. The van der Waals surface area contributed by atoms with E-state index in [0.717, 1.165) is 51.1 Å². The highest BCUT2D eigenvalue weighted by atomic mass is 16.6. The van der Waals surface area contributed by atoms with Crippen molar-refractivity contribution in [2.24, 2.45) is 11.8 Å². The van der Waals surface area contributed by atoms with Crippen LogP contribution in [0.1, 0.15) is 45.4 Å². The van der Waals surface area contributed by atoms with Gasteiger partial charge in [-0.1, -0.05) is 13.3 Å². The van der Waals surface area contributed by atoms with Crippen molar-refractivity contribution >= 4 is 5.91 Å². The van der Waals surface area contributed by atoms with Crippen LogP contribution in [0.15, 0.2) is 0 Å². The minimum absolute atomic E-state index is 0.320. The second-order valence-electron chi connectivity index (χ2n) is 4.74. The van der Waals surface area contributed by atoms with Crippen LogP contribution in [0, 0.1) is 5.92 Å². The molecule has 0 atom stereocenters. The highest BCUT2D eigenvalue weighted by Gasteiger charge is 2.19. The predicted molar refractivity (Wildman–Crippen MR) is 63.6 cm³/mol. The number of carbonyl (C=O) groups is 1. The molecular formula is C12H24N2O2. The fraction of sp³-hybridized carbons (Fsp3) is 0.917. The Labute approximate surface area is 98.1 Å². The van der Waals surface area contributed by atoms with Crippen LogP contribution in [0.5, 0.6) is 0 Å². The van der Waals surface area contributed by atoms with E-state index in [9.17, 15) is 4.79 Å². The molecule has 0 spiro atoms. The average Bonchev–Trinajstić information content (AvgIpc) is 2.29. The van der Waals surface area contributed by atoms with Crippen LogP contribution in [0.2, 0.25) is 0 Å². The standard InChI is InChI=1S/C12H24N2O2/c1-11-6-8-14(9-7-11)12(15)5-3-2-4-10-16-13/h11H,2-10,13H2,1H3. The van der Waals surface area contributed by atoms with Gasteiger partial charge in [0.1, 0.15) is 0 Å². The Morgan fingerprint density at radius 3 is 2.62 bits per heavy atom. The lowest BCUT2D eigenvalue weighted by molar-refractivity contribution is -0.132. The van der Waals surface area contributed by atoms with E-state index in [-0.39, 0.29) is 0 Å². The topological polar surface area (TPSA) is 55.6 Å². The van der Waals surface area contributed by atoms with Crippen molar-refractivity contribution < 1.29 is 9.63 Å². The van der Waals surface area contributed by atoms with Gasteiger partial charge in [0.15, 0.2) is 0 Å². The zero-order chi connectivity index (χ0) is 11.8. The summed E-state index contributed by atoms with van der Waals surface area (Å²) in [5.41, 5.74) is 0. The summed E-state index contributed by atoms with van der Waals surface area (Å²) in [7, 11) is 0. The van der Waals surface area contributed by atoms with E-state index in [0.29, 0.717) is 18.9 Å². The van der Waals surface area contributed by atoms with Gasteiger partial charge in [0.25, 0.3) is 0 Å². The minimum atomic E-state index is 0.320. The second-order valence-corrected chi connectivity index (χ2v) is 4.74. The van der Waals surface area contributed by atoms with Crippen molar-refractivity contribution in [3.63, 3.8) is 0 Å². The molecule has 0 aromatic carbocycles. The molecule has 0 unspecified atom stereocenters. The zero-order valence-electron chi connectivity index (χ0n) is 10.3. The molecule has 1 saturated heterocycles. The largest absolute Gasteiger partial charge is 0.343 e. The molecule has 0 bridgehead atoms. The van der Waals surface area contributed by atoms with E-state index >= 15 is 0 Å². The van der Waals surface area contributed by atoms with Crippen molar-refractivity contribution in [2.45, 2.75) is 45.4 Å². The Morgan fingerprint density at radius 2 is 2.00 bits per heavy atom. The Hall–Kier alpha value is -0.610. The number of amides is 1. The molecule has 16 heavy (non-hydrogen) atoms. The predicted octanol–water partition coefficient (Wildman–Crippen LogP) is 1.70. The number of piperidine rings is 1. The second kappa shape index (κ2) is 7.63. The van der Waals surface area contributed by atoms with E-state index in [2.05, 4.69) is 11.8 Å². The lowest BCUT2D eigenvalue weighted by Crippen LogP contribution is -2.37. The Morgan fingerprint density at radius 1 is 1.31 bits per heavy atom. The van der Waals surface area contributed by atoms with Crippen LogP contribution in [0.25, 0.3) is 0 Å². The molecule has 0 aromatic heterocycles. The maximum atomic E-state index is 11.8. The lowest BCUT2D eigenvalue weighted by Gasteiger charge is -2.30. The molecule has 1 aliphatic rings. The molecular weight excluding hydrogens is 204 g/mol. The van der Waals surface area contributed by atoms with Gasteiger partial charge in [-0.25, -0.2) is 5.90 Å².